The molecule has 1 aliphatic rings. The summed E-state index contributed by atoms with van der Waals surface area (Å²) in [7, 11) is 0. The van der Waals surface area contributed by atoms with Gasteiger partial charge in [0.1, 0.15) is 0 Å². The summed E-state index contributed by atoms with van der Waals surface area (Å²) >= 11 is 7.88. The van der Waals surface area contributed by atoms with Crippen LogP contribution in [0.3, 0.4) is 0 Å². The van der Waals surface area contributed by atoms with Crippen LogP contribution in [0.5, 0.6) is 11.5 Å². The second-order valence-electron chi connectivity index (χ2n) is 3.18. The van der Waals surface area contributed by atoms with Crippen LogP contribution in [0.1, 0.15) is 11.7 Å². The molecule has 1 aromatic rings. The van der Waals surface area contributed by atoms with Crippen molar-refractivity contribution in [3.63, 3.8) is 0 Å². The molecular weight excluding hydrogens is 309 g/mol. The zero-order chi connectivity index (χ0) is 11.9. The van der Waals surface area contributed by atoms with E-state index in [1.807, 2.05) is 0 Å². The summed E-state index contributed by atoms with van der Waals surface area (Å²) in [6, 6.07) is 2.49. The fourth-order valence-electron chi connectivity index (χ4n) is 1.33. The Morgan fingerprint density at radius 3 is 2.75 bits per heavy atom. The van der Waals surface area contributed by atoms with Gasteiger partial charge in [0.25, 0.3) is 0 Å². The van der Waals surface area contributed by atoms with Crippen molar-refractivity contribution in [2.75, 3.05) is 6.79 Å². The van der Waals surface area contributed by atoms with Crippen LogP contribution in [0.15, 0.2) is 12.1 Å². The minimum Gasteiger partial charge on any atom is -0.454 e. The largest absolute Gasteiger partial charge is 0.454 e. The van der Waals surface area contributed by atoms with Gasteiger partial charge in [-0.3, -0.25) is 0 Å². The van der Waals surface area contributed by atoms with Crippen LogP contribution < -0.4 is 9.47 Å². The van der Waals surface area contributed by atoms with E-state index in [1.165, 1.54) is 12.1 Å². The van der Waals surface area contributed by atoms with Crippen LogP contribution in [0, 0.1) is 0 Å². The molecule has 0 bridgehead atoms. The maximum absolute atomic E-state index is 12.8. The highest BCUT2D eigenvalue weighted by atomic mass is 79.9. The summed E-state index contributed by atoms with van der Waals surface area (Å²) in [5.74, 6) is 0.550. The Morgan fingerprint density at radius 2 is 2.12 bits per heavy atom. The van der Waals surface area contributed by atoms with Gasteiger partial charge in [-0.25, -0.2) is 0 Å². The third-order valence-electron chi connectivity index (χ3n) is 2.08. The van der Waals surface area contributed by atoms with Gasteiger partial charge in [0.2, 0.25) is 6.79 Å². The van der Waals surface area contributed by atoms with E-state index in [9.17, 15) is 13.9 Å². The van der Waals surface area contributed by atoms with Crippen LogP contribution in [-0.4, -0.2) is 16.7 Å². The van der Waals surface area contributed by atoms with Crippen LogP contribution >= 0.6 is 27.5 Å². The molecule has 0 aromatic heterocycles. The van der Waals surface area contributed by atoms with Crippen molar-refractivity contribution >= 4 is 27.5 Å². The van der Waals surface area contributed by atoms with Crippen LogP contribution in [0.4, 0.5) is 8.78 Å². The number of hydrogen-bond donors (Lipinski definition) is 1. The molecule has 0 saturated carbocycles. The van der Waals surface area contributed by atoms with Gasteiger partial charge >= 0.3 is 4.83 Å². The highest BCUT2D eigenvalue weighted by Gasteiger charge is 2.37. The smallest absolute Gasteiger partial charge is 0.330 e. The van der Waals surface area contributed by atoms with Crippen LogP contribution in [-0.2, 0) is 0 Å². The zero-order valence-corrected chi connectivity index (χ0v) is 10.1. The first-order valence-electron chi connectivity index (χ1n) is 4.23. The maximum atomic E-state index is 12.8. The fourth-order valence-corrected chi connectivity index (χ4v) is 1.87. The summed E-state index contributed by atoms with van der Waals surface area (Å²) in [6.45, 7) is -0.0146. The molecular formula is C9H6BrClF2O3. The molecule has 1 unspecified atom stereocenters. The molecule has 88 valence electrons. The van der Waals surface area contributed by atoms with Crippen LogP contribution in [0.25, 0.3) is 0 Å². The van der Waals surface area contributed by atoms with E-state index in [2.05, 4.69) is 15.9 Å². The Morgan fingerprint density at radius 1 is 1.44 bits per heavy atom. The summed E-state index contributed by atoms with van der Waals surface area (Å²) in [5.41, 5.74) is -0.0453. The van der Waals surface area contributed by atoms with Crippen molar-refractivity contribution in [2.24, 2.45) is 0 Å². The van der Waals surface area contributed by atoms with Gasteiger partial charge in [0, 0.05) is 0 Å². The molecule has 1 aliphatic heterocycles. The second-order valence-corrected chi connectivity index (χ2v) is 4.65. The molecule has 2 rings (SSSR count). The number of aliphatic hydroxyl groups is 1. The van der Waals surface area contributed by atoms with Crippen molar-refractivity contribution in [3.05, 3.63) is 22.7 Å². The van der Waals surface area contributed by atoms with E-state index in [4.69, 9.17) is 21.1 Å². The van der Waals surface area contributed by atoms with Crippen molar-refractivity contribution in [2.45, 2.75) is 10.9 Å². The molecule has 0 radical (unpaired) electrons. The number of aliphatic hydroxyl groups excluding tert-OH is 1. The predicted molar refractivity (Wildman–Crippen MR) is 56.4 cm³/mol. The maximum Gasteiger partial charge on any atom is 0.330 e. The lowest BCUT2D eigenvalue weighted by molar-refractivity contribution is -0.0295. The van der Waals surface area contributed by atoms with E-state index in [1.54, 1.807) is 0 Å². The number of rotatable bonds is 2. The monoisotopic (exact) mass is 314 g/mol. The van der Waals surface area contributed by atoms with Gasteiger partial charge in [-0.05, 0) is 33.6 Å². The first-order chi connectivity index (χ1) is 7.39. The van der Waals surface area contributed by atoms with Gasteiger partial charge in [0.15, 0.2) is 17.6 Å². The van der Waals surface area contributed by atoms with Crippen LogP contribution in [0.2, 0.25) is 5.02 Å². The third kappa shape index (κ3) is 2.09. The molecule has 16 heavy (non-hydrogen) atoms. The number of halogens is 4. The molecule has 7 heteroatoms. The number of ether oxygens (including phenoxy) is 2. The summed E-state index contributed by atoms with van der Waals surface area (Å²) < 4.78 is 35.7. The van der Waals surface area contributed by atoms with Crippen molar-refractivity contribution in [1.29, 1.82) is 0 Å². The molecule has 1 heterocycles. The molecule has 0 aliphatic carbocycles. The zero-order valence-electron chi connectivity index (χ0n) is 7.71. The number of hydrogen-bond acceptors (Lipinski definition) is 3. The van der Waals surface area contributed by atoms with E-state index in [0.29, 0.717) is 5.75 Å². The Kier molecular flexibility index (Phi) is 2.98. The highest BCUT2D eigenvalue weighted by molar-refractivity contribution is 9.10. The Bertz CT molecular complexity index is 422. The number of fused-ring (bicyclic) bond motifs is 1. The molecule has 1 aromatic carbocycles. The topological polar surface area (TPSA) is 38.7 Å². The summed E-state index contributed by atoms with van der Waals surface area (Å²) in [4.78, 5) is -3.43. The summed E-state index contributed by atoms with van der Waals surface area (Å²) in [5, 5.41) is 9.49. The molecule has 3 nitrogen and oxygen atoms in total. The van der Waals surface area contributed by atoms with Gasteiger partial charge in [0.05, 0.1) is 5.02 Å². The lowest BCUT2D eigenvalue weighted by Crippen LogP contribution is -2.18. The second kappa shape index (κ2) is 4.01. The van der Waals surface area contributed by atoms with Crippen molar-refractivity contribution < 1.29 is 23.4 Å². The Labute approximate surface area is 103 Å². The predicted octanol–water partition coefficient (Wildman–Crippen LogP) is 3.09. The van der Waals surface area contributed by atoms with Gasteiger partial charge in [-0.15, -0.1) is 0 Å². The minimum atomic E-state index is -3.43. The van der Waals surface area contributed by atoms with Crippen molar-refractivity contribution in [3.8, 4) is 11.5 Å². The molecule has 1 atom stereocenters. The SMILES string of the molecule is OC(c1cc(Cl)c2c(c1)OCO2)C(F)(F)Br. The Hall–Kier alpha value is -0.590. The quantitative estimate of drug-likeness (QED) is 0.852. The molecule has 0 fully saturated rings. The Balaban J connectivity index is 2.41. The lowest BCUT2D eigenvalue weighted by Gasteiger charge is -2.17. The molecule has 0 saturated heterocycles. The first-order valence-corrected chi connectivity index (χ1v) is 5.40. The number of benzene rings is 1. The van der Waals surface area contributed by atoms with Gasteiger partial charge < -0.3 is 14.6 Å². The molecule has 0 spiro atoms. The average Bonchev–Trinajstić information content (AvgIpc) is 2.63. The fraction of sp³-hybridized carbons (Fsp3) is 0.333. The molecule has 1 N–H and O–H groups in total. The van der Waals surface area contributed by atoms with E-state index in [-0.39, 0.29) is 23.1 Å². The summed E-state index contributed by atoms with van der Waals surface area (Å²) in [6.07, 6.45) is -2.00. The normalized spacial score (nSPS) is 16.3. The highest BCUT2D eigenvalue weighted by Crippen LogP contribution is 2.44. The third-order valence-corrected chi connectivity index (χ3v) is 2.79. The minimum absolute atomic E-state index is 0.0146. The van der Waals surface area contributed by atoms with Gasteiger partial charge in [-0.2, -0.15) is 8.78 Å². The molecule has 0 amide bonds. The van der Waals surface area contributed by atoms with E-state index in [0.717, 1.165) is 0 Å². The van der Waals surface area contributed by atoms with Crippen molar-refractivity contribution in [1.82, 2.24) is 0 Å². The number of alkyl halides is 3. The average molecular weight is 315 g/mol. The van der Waals surface area contributed by atoms with E-state index >= 15 is 0 Å². The van der Waals surface area contributed by atoms with E-state index < -0.39 is 10.9 Å². The lowest BCUT2D eigenvalue weighted by atomic mass is 10.1. The standard InChI is InChI=1S/C9H6BrClF2O3/c10-9(12,13)8(14)4-1-5(11)7-6(2-4)15-3-16-7/h1-2,8,14H,3H2. The van der Waals surface area contributed by atoms with Gasteiger partial charge in [-0.1, -0.05) is 11.6 Å². The first kappa shape index (κ1) is 11.9.